The average molecular weight is 223 g/mol. The van der Waals surface area contributed by atoms with Crippen molar-refractivity contribution in [3.63, 3.8) is 0 Å². The Bertz CT molecular complexity index is 320. The molecule has 3 heteroatoms. The lowest BCUT2D eigenvalue weighted by Crippen LogP contribution is -2.37. The number of allylic oxidation sites excluding steroid dienone is 1. The van der Waals surface area contributed by atoms with E-state index in [0.717, 1.165) is 6.42 Å². The van der Waals surface area contributed by atoms with Crippen molar-refractivity contribution in [1.82, 2.24) is 4.90 Å². The maximum absolute atomic E-state index is 11.5. The summed E-state index contributed by atoms with van der Waals surface area (Å²) in [7, 11) is 0. The van der Waals surface area contributed by atoms with Crippen molar-refractivity contribution in [2.45, 2.75) is 52.5 Å². The molecular formula is C13H21NO2. The standard InChI is InChI=1S/C13H21NO2/c1-4-5-6-7-8-10-11-13(2,3)9-16-12(15)14(10)11/h8,11H,4-7,9H2,1-3H3/b10-8-/t11-,14?/m1/s1. The maximum Gasteiger partial charge on any atom is 0.414 e. The van der Waals surface area contributed by atoms with Crippen molar-refractivity contribution in [2.24, 2.45) is 5.41 Å². The number of fused-ring (bicyclic) bond motifs is 1. The molecule has 0 N–H and O–H groups in total. The fourth-order valence-corrected chi connectivity index (χ4v) is 2.42. The van der Waals surface area contributed by atoms with E-state index in [1.165, 1.54) is 25.0 Å². The fourth-order valence-electron chi connectivity index (χ4n) is 2.42. The van der Waals surface area contributed by atoms with Gasteiger partial charge in [-0.1, -0.05) is 39.7 Å². The number of ether oxygens (including phenoxy) is 1. The van der Waals surface area contributed by atoms with Crippen LogP contribution >= 0.6 is 0 Å². The van der Waals surface area contributed by atoms with Gasteiger partial charge in [-0.25, -0.2) is 4.79 Å². The third kappa shape index (κ3) is 1.95. The molecule has 90 valence electrons. The molecule has 2 aliphatic heterocycles. The molecule has 16 heavy (non-hydrogen) atoms. The van der Waals surface area contributed by atoms with E-state index in [1.807, 2.05) is 0 Å². The predicted octanol–water partition coefficient (Wildman–Crippen LogP) is 3.31. The quantitative estimate of drug-likeness (QED) is 0.540. The minimum atomic E-state index is -0.161. The molecule has 2 saturated heterocycles. The van der Waals surface area contributed by atoms with Gasteiger partial charge in [-0.05, 0) is 12.8 Å². The zero-order valence-electron chi connectivity index (χ0n) is 10.5. The third-order valence-corrected chi connectivity index (χ3v) is 3.41. The van der Waals surface area contributed by atoms with Gasteiger partial charge in [0.25, 0.3) is 0 Å². The lowest BCUT2D eigenvalue weighted by molar-refractivity contribution is 0.0498. The minimum Gasteiger partial charge on any atom is -0.448 e. The lowest BCUT2D eigenvalue weighted by atomic mass is 9.88. The Balaban J connectivity index is 1.95. The van der Waals surface area contributed by atoms with Gasteiger partial charge < -0.3 is 4.74 Å². The van der Waals surface area contributed by atoms with Crippen LogP contribution in [0.3, 0.4) is 0 Å². The highest BCUT2D eigenvalue weighted by molar-refractivity contribution is 5.78. The Morgan fingerprint density at radius 1 is 1.50 bits per heavy atom. The number of carbonyl (C=O) groups excluding carboxylic acids is 1. The highest BCUT2D eigenvalue weighted by Gasteiger charge is 2.58. The Hall–Kier alpha value is -0.990. The molecule has 0 saturated carbocycles. The van der Waals surface area contributed by atoms with Gasteiger partial charge in [-0.2, -0.15) is 0 Å². The average Bonchev–Trinajstić information content (AvgIpc) is 2.96. The van der Waals surface area contributed by atoms with Gasteiger partial charge in [0.05, 0.1) is 6.04 Å². The summed E-state index contributed by atoms with van der Waals surface area (Å²) >= 11 is 0. The molecule has 2 heterocycles. The normalized spacial score (nSPS) is 28.9. The number of amides is 1. The molecule has 0 unspecified atom stereocenters. The van der Waals surface area contributed by atoms with Gasteiger partial charge in [-0.15, -0.1) is 0 Å². The first kappa shape index (κ1) is 11.5. The first-order valence-corrected chi connectivity index (χ1v) is 6.24. The molecule has 2 rings (SSSR count). The molecule has 1 atom stereocenters. The van der Waals surface area contributed by atoms with Crippen LogP contribution in [0.1, 0.15) is 46.5 Å². The molecule has 0 aliphatic carbocycles. The molecule has 0 radical (unpaired) electrons. The van der Waals surface area contributed by atoms with Crippen molar-refractivity contribution < 1.29 is 9.53 Å². The van der Waals surface area contributed by atoms with Crippen molar-refractivity contribution in [2.75, 3.05) is 6.61 Å². The van der Waals surface area contributed by atoms with Gasteiger partial charge in [-0.3, -0.25) is 4.90 Å². The van der Waals surface area contributed by atoms with Gasteiger partial charge in [0.1, 0.15) is 6.61 Å². The zero-order chi connectivity index (χ0) is 11.8. The monoisotopic (exact) mass is 223 g/mol. The summed E-state index contributed by atoms with van der Waals surface area (Å²) in [5.41, 5.74) is 1.26. The molecule has 0 aromatic rings. The van der Waals surface area contributed by atoms with Crippen LogP contribution in [0.25, 0.3) is 0 Å². The van der Waals surface area contributed by atoms with Crippen molar-refractivity contribution in [1.29, 1.82) is 0 Å². The van der Waals surface area contributed by atoms with Crippen LogP contribution in [0.4, 0.5) is 4.79 Å². The van der Waals surface area contributed by atoms with Crippen LogP contribution in [0.2, 0.25) is 0 Å². The van der Waals surface area contributed by atoms with E-state index >= 15 is 0 Å². The summed E-state index contributed by atoms with van der Waals surface area (Å²) in [5, 5.41) is 0. The molecule has 2 aliphatic rings. The second-order valence-corrected chi connectivity index (χ2v) is 5.44. The molecule has 2 fully saturated rings. The van der Waals surface area contributed by atoms with Crippen molar-refractivity contribution >= 4 is 6.09 Å². The van der Waals surface area contributed by atoms with Crippen molar-refractivity contribution in [3.8, 4) is 0 Å². The number of nitrogens with zero attached hydrogens (tertiary/aromatic N) is 1. The van der Waals surface area contributed by atoms with Gasteiger partial charge in [0.2, 0.25) is 0 Å². The van der Waals surface area contributed by atoms with E-state index in [-0.39, 0.29) is 11.5 Å². The lowest BCUT2D eigenvalue weighted by Gasteiger charge is -2.27. The highest BCUT2D eigenvalue weighted by atomic mass is 16.6. The molecule has 0 aromatic heterocycles. The predicted molar refractivity (Wildman–Crippen MR) is 63.0 cm³/mol. The van der Waals surface area contributed by atoms with E-state index in [1.54, 1.807) is 4.90 Å². The summed E-state index contributed by atoms with van der Waals surface area (Å²) in [6, 6.07) is 0.301. The topological polar surface area (TPSA) is 29.3 Å². The third-order valence-electron chi connectivity index (χ3n) is 3.41. The summed E-state index contributed by atoms with van der Waals surface area (Å²) in [4.78, 5) is 13.3. The van der Waals surface area contributed by atoms with E-state index in [0.29, 0.717) is 12.6 Å². The molecule has 0 spiro atoms. The van der Waals surface area contributed by atoms with Gasteiger partial charge in [0.15, 0.2) is 0 Å². The van der Waals surface area contributed by atoms with Crippen LogP contribution in [-0.4, -0.2) is 23.6 Å². The second-order valence-electron chi connectivity index (χ2n) is 5.44. The SMILES string of the molecule is CCCCC/C=C1/[C@H]2N1C(=O)OCC2(C)C. The molecule has 0 bridgehead atoms. The van der Waals surface area contributed by atoms with E-state index < -0.39 is 0 Å². The van der Waals surface area contributed by atoms with Crippen LogP contribution in [-0.2, 0) is 4.74 Å². The van der Waals surface area contributed by atoms with E-state index in [9.17, 15) is 4.79 Å². The van der Waals surface area contributed by atoms with Crippen LogP contribution in [0.15, 0.2) is 11.8 Å². The number of unbranched alkanes of at least 4 members (excludes halogenated alkanes) is 3. The number of hydrogen-bond donors (Lipinski definition) is 0. The summed E-state index contributed by atoms with van der Waals surface area (Å²) < 4.78 is 5.15. The molecule has 1 amide bonds. The van der Waals surface area contributed by atoms with E-state index in [2.05, 4.69) is 26.8 Å². The van der Waals surface area contributed by atoms with Crippen molar-refractivity contribution in [3.05, 3.63) is 11.8 Å². The smallest absolute Gasteiger partial charge is 0.414 e. The van der Waals surface area contributed by atoms with Gasteiger partial charge in [0, 0.05) is 11.1 Å². The molecule has 0 aromatic carbocycles. The molecule has 3 nitrogen and oxygen atoms in total. The van der Waals surface area contributed by atoms with Crippen LogP contribution in [0, 0.1) is 5.41 Å². The number of cyclic esters (lactones) is 1. The number of carbonyl (C=O) groups is 1. The van der Waals surface area contributed by atoms with E-state index in [4.69, 9.17) is 4.74 Å². The summed E-state index contributed by atoms with van der Waals surface area (Å²) in [6.45, 7) is 7.06. The fraction of sp³-hybridized carbons (Fsp3) is 0.769. The maximum atomic E-state index is 11.5. The summed E-state index contributed by atoms with van der Waals surface area (Å²) in [5.74, 6) is 0. The van der Waals surface area contributed by atoms with Crippen LogP contribution in [0.5, 0.6) is 0 Å². The highest BCUT2D eigenvalue weighted by Crippen LogP contribution is 2.49. The first-order chi connectivity index (χ1) is 7.58. The van der Waals surface area contributed by atoms with Gasteiger partial charge >= 0.3 is 6.09 Å². The Kier molecular flexibility index (Phi) is 2.96. The minimum absolute atomic E-state index is 0.0739. The number of hydrogen-bond acceptors (Lipinski definition) is 2. The Labute approximate surface area is 97.5 Å². The Morgan fingerprint density at radius 3 is 2.88 bits per heavy atom. The number of rotatable bonds is 4. The Morgan fingerprint density at radius 2 is 2.25 bits per heavy atom. The van der Waals surface area contributed by atoms with Crippen LogP contribution < -0.4 is 0 Å². The largest absolute Gasteiger partial charge is 0.448 e. The molecular weight excluding hydrogens is 202 g/mol. The zero-order valence-corrected chi connectivity index (χ0v) is 10.5. The summed E-state index contributed by atoms with van der Waals surface area (Å²) in [6.07, 6.45) is 6.86. The first-order valence-electron chi connectivity index (χ1n) is 6.24. The second kappa shape index (κ2) is 4.11.